The molecule has 0 aliphatic carbocycles. The molecule has 0 saturated heterocycles. The number of rotatable bonds is 3. The van der Waals surface area contributed by atoms with Crippen molar-refractivity contribution in [3.63, 3.8) is 0 Å². The van der Waals surface area contributed by atoms with Crippen LogP contribution in [0.3, 0.4) is 0 Å². The lowest BCUT2D eigenvalue weighted by Gasteiger charge is -2.07. The fourth-order valence-electron chi connectivity index (χ4n) is 0.897. The van der Waals surface area contributed by atoms with Crippen molar-refractivity contribution in [1.29, 1.82) is 0 Å². The molecule has 7 heteroatoms. The molecule has 0 aliphatic heterocycles. The van der Waals surface area contributed by atoms with Crippen molar-refractivity contribution in [3.05, 3.63) is 35.0 Å². The third kappa shape index (κ3) is 5.07. The van der Waals surface area contributed by atoms with Gasteiger partial charge in [0.05, 0.1) is 13.1 Å². The Morgan fingerprint density at radius 2 is 1.65 bits per heavy atom. The molecule has 0 N–H and O–H groups in total. The largest absolute Gasteiger partial charge is 0.545 e. The summed E-state index contributed by atoms with van der Waals surface area (Å²) >= 11 is 6.25. The van der Waals surface area contributed by atoms with Crippen molar-refractivity contribution in [3.8, 4) is 5.75 Å². The summed E-state index contributed by atoms with van der Waals surface area (Å²) in [7, 11) is 0. The van der Waals surface area contributed by atoms with E-state index in [1.54, 1.807) is 0 Å². The van der Waals surface area contributed by atoms with Gasteiger partial charge in [-0.25, -0.2) is 4.79 Å². The lowest BCUT2D eigenvalue weighted by molar-refractivity contribution is -0.297. The molecule has 0 aromatic heterocycles. The number of carboxylic acid groups (broad SMARTS) is 1. The highest BCUT2D eigenvalue weighted by molar-refractivity contribution is 14.1. The number of ether oxygens (including phenoxy) is 1. The highest BCUT2D eigenvalue weighted by atomic mass is 127. The molecular weight excluding hydrogens is 565 g/mol. The molecule has 0 saturated carbocycles. The molecule has 90 valence electrons. The summed E-state index contributed by atoms with van der Waals surface area (Å²) in [5, 5.41) is 10.1. The van der Waals surface area contributed by atoms with E-state index >= 15 is 0 Å². The van der Waals surface area contributed by atoms with Crippen LogP contribution >= 0.6 is 67.8 Å². The summed E-state index contributed by atoms with van der Waals surface area (Å²) in [5.74, 6) is -1.75. The van der Waals surface area contributed by atoms with Crippen molar-refractivity contribution >= 4 is 79.7 Å². The van der Waals surface area contributed by atoms with Gasteiger partial charge in [0.1, 0.15) is 0 Å². The Hall–Kier alpha value is 0.0900. The average Bonchev–Trinajstić information content (AvgIpc) is 2.20. The average molecular weight is 569 g/mol. The molecule has 0 amide bonds. The number of hydrogen-bond acceptors (Lipinski definition) is 4. The maximum atomic E-state index is 11.3. The second kappa shape index (κ2) is 6.87. The minimum Gasteiger partial charge on any atom is -0.545 e. The van der Waals surface area contributed by atoms with Crippen molar-refractivity contribution in [1.82, 2.24) is 0 Å². The number of carboxylic acids is 1. The predicted octanol–water partition coefficient (Wildman–Crippen LogP) is 1.71. The minimum absolute atomic E-state index is 0.430. The van der Waals surface area contributed by atoms with Gasteiger partial charge in [0.15, 0.2) is 5.75 Å². The molecular formula is C10H4I3O4-. The van der Waals surface area contributed by atoms with E-state index in [2.05, 4.69) is 22.6 Å². The molecule has 1 rings (SSSR count). The molecule has 0 radical (unpaired) electrons. The first-order chi connectivity index (χ1) is 7.90. The Balaban J connectivity index is 2.89. The van der Waals surface area contributed by atoms with E-state index in [1.165, 1.54) is 0 Å². The van der Waals surface area contributed by atoms with E-state index in [0.29, 0.717) is 11.8 Å². The molecule has 4 nitrogen and oxygen atoms in total. The molecule has 0 spiro atoms. The van der Waals surface area contributed by atoms with E-state index in [4.69, 9.17) is 4.74 Å². The summed E-state index contributed by atoms with van der Waals surface area (Å²) in [6.45, 7) is 0. The van der Waals surface area contributed by atoms with Gasteiger partial charge in [-0.2, -0.15) is 0 Å². The number of carbonyl (C=O) groups excluding carboxylic acids is 2. The van der Waals surface area contributed by atoms with E-state index in [0.717, 1.165) is 16.8 Å². The standard InChI is InChI=1S/C10H5I3O4/c11-5-3-6(12)10(7(13)4-5)17-9(16)2-1-8(14)15/h1-4H,(H,14,15)/p-1/b2-1+. The first-order valence-corrected chi connectivity index (χ1v) is 7.39. The van der Waals surface area contributed by atoms with Crippen molar-refractivity contribution in [2.24, 2.45) is 0 Å². The molecule has 0 aliphatic rings. The number of hydrogen-bond donors (Lipinski definition) is 0. The van der Waals surface area contributed by atoms with Gasteiger partial charge in [-0.1, -0.05) is 0 Å². The van der Waals surface area contributed by atoms with E-state index in [1.807, 2.05) is 57.3 Å². The molecule has 0 unspecified atom stereocenters. The van der Waals surface area contributed by atoms with Gasteiger partial charge >= 0.3 is 5.97 Å². The Labute approximate surface area is 138 Å². The molecule has 1 aromatic rings. The molecule has 1 aromatic carbocycles. The number of carbonyl (C=O) groups is 2. The van der Waals surface area contributed by atoms with Crippen molar-refractivity contribution < 1.29 is 19.4 Å². The summed E-state index contributed by atoms with van der Waals surface area (Å²) < 4.78 is 7.65. The van der Waals surface area contributed by atoms with Gasteiger partial charge < -0.3 is 14.6 Å². The summed E-state index contributed by atoms with van der Waals surface area (Å²) in [5.41, 5.74) is 0. The zero-order valence-corrected chi connectivity index (χ0v) is 14.5. The zero-order chi connectivity index (χ0) is 13.0. The second-order valence-corrected chi connectivity index (χ2v) is 6.34. The van der Waals surface area contributed by atoms with Crippen LogP contribution in [0.1, 0.15) is 0 Å². The first-order valence-electron chi connectivity index (χ1n) is 4.15. The summed E-state index contributed by atoms with van der Waals surface area (Å²) in [4.78, 5) is 21.4. The highest BCUT2D eigenvalue weighted by Gasteiger charge is 2.10. The number of halogens is 3. The maximum Gasteiger partial charge on any atom is 0.336 e. The van der Waals surface area contributed by atoms with Crippen LogP contribution in [0.4, 0.5) is 0 Å². The Morgan fingerprint density at radius 3 is 2.12 bits per heavy atom. The van der Waals surface area contributed by atoms with E-state index < -0.39 is 11.9 Å². The Kier molecular flexibility index (Phi) is 6.12. The van der Waals surface area contributed by atoms with Gasteiger partial charge in [-0.15, -0.1) is 0 Å². The lowest BCUT2D eigenvalue weighted by Crippen LogP contribution is -2.19. The number of esters is 1. The predicted molar refractivity (Wildman–Crippen MR) is 84.4 cm³/mol. The second-order valence-electron chi connectivity index (χ2n) is 2.77. The topological polar surface area (TPSA) is 66.4 Å². The van der Waals surface area contributed by atoms with Crippen LogP contribution in [0.5, 0.6) is 5.75 Å². The van der Waals surface area contributed by atoms with E-state index in [9.17, 15) is 14.7 Å². The molecule has 0 atom stereocenters. The summed E-state index contributed by atoms with van der Waals surface area (Å²) in [6, 6.07) is 3.71. The van der Waals surface area contributed by atoms with Crippen molar-refractivity contribution in [2.75, 3.05) is 0 Å². The lowest BCUT2D eigenvalue weighted by atomic mass is 10.3. The van der Waals surface area contributed by atoms with Crippen LogP contribution < -0.4 is 9.84 Å². The van der Waals surface area contributed by atoms with Gasteiger partial charge in [-0.3, -0.25) is 0 Å². The summed E-state index contributed by atoms with van der Waals surface area (Å²) in [6.07, 6.45) is 1.45. The van der Waals surface area contributed by atoms with Crippen LogP contribution in [-0.2, 0) is 9.59 Å². The maximum absolute atomic E-state index is 11.3. The monoisotopic (exact) mass is 569 g/mol. The van der Waals surface area contributed by atoms with E-state index in [-0.39, 0.29) is 0 Å². The third-order valence-corrected chi connectivity index (χ3v) is 3.75. The molecule has 17 heavy (non-hydrogen) atoms. The molecule has 0 fully saturated rings. The SMILES string of the molecule is O=C([O-])/C=C/C(=O)Oc1c(I)cc(I)cc1I. The Bertz CT molecular complexity index is 473. The molecule has 0 heterocycles. The van der Waals surface area contributed by atoms with Crippen molar-refractivity contribution in [2.45, 2.75) is 0 Å². The zero-order valence-electron chi connectivity index (χ0n) is 8.08. The fraction of sp³-hybridized carbons (Fsp3) is 0. The van der Waals surface area contributed by atoms with Crippen LogP contribution in [0.2, 0.25) is 0 Å². The molecule has 0 bridgehead atoms. The van der Waals surface area contributed by atoms with Gasteiger partial charge in [0, 0.05) is 9.65 Å². The van der Waals surface area contributed by atoms with Crippen LogP contribution in [0.25, 0.3) is 0 Å². The minimum atomic E-state index is -1.44. The van der Waals surface area contributed by atoms with Gasteiger partial charge in [0.25, 0.3) is 0 Å². The van der Waals surface area contributed by atoms with Gasteiger partial charge in [0.2, 0.25) is 0 Å². The third-order valence-electron chi connectivity index (χ3n) is 1.52. The van der Waals surface area contributed by atoms with Crippen LogP contribution in [0.15, 0.2) is 24.3 Å². The fourth-order valence-corrected chi connectivity index (χ4v) is 4.70. The highest BCUT2D eigenvalue weighted by Crippen LogP contribution is 2.29. The Morgan fingerprint density at radius 1 is 1.12 bits per heavy atom. The first kappa shape index (κ1) is 15.1. The van der Waals surface area contributed by atoms with Crippen LogP contribution in [0, 0.1) is 10.7 Å². The quantitative estimate of drug-likeness (QED) is 0.241. The number of benzene rings is 1. The number of aliphatic carboxylic acids is 1. The van der Waals surface area contributed by atoms with Crippen LogP contribution in [-0.4, -0.2) is 11.9 Å². The van der Waals surface area contributed by atoms with Gasteiger partial charge in [-0.05, 0) is 86.0 Å². The smallest absolute Gasteiger partial charge is 0.336 e. The normalized spacial score (nSPS) is 10.5.